The third-order valence-corrected chi connectivity index (χ3v) is 3.42. The van der Waals surface area contributed by atoms with Gasteiger partial charge in [0.05, 0.1) is 0 Å². The predicted octanol–water partition coefficient (Wildman–Crippen LogP) is 2.06. The Morgan fingerprint density at radius 2 is 1.81 bits per heavy atom. The molecule has 0 aliphatic rings. The van der Waals surface area contributed by atoms with Gasteiger partial charge in [0.2, 0.25) is 0 Å². The van der Waals surface area contributed by atoms with E-state index >= 15 is 0 Å². The molecular weight excluding hydrogens is 268 g/mol. The maximum absolute atomic E-state index is 12.6. The van der Waals surface area contributed by atoms with Gasteiger partial charge < -0.3 is 14.6 Å². The van der Waals surface area contributed by atoms with Crippen LogP contribution in [0.15, 0.2) is 42.5 Å². The number of nitrogens with zero attached hydrogens (tertiary/aromatic N) is 2. The van der Waals surface area contributed by atoms with E-state index in [1.54, 1.807) is 17.7 Å². The summed E-state index contributed by atoms with van der Waals surface area (Å²) in [5.74, 6) is -1.30. The molecule has 0 aliphatic heterocycles. The molecule has 0 saturated heterocycles. The standard InChI is InChI=1S/C16H18N2O3/c1-12-8-9-14(17(12)2)16(21)18(11-15(19)20)10-13-6-4-3-5-7-13/h3-9H,10-11H2,1-2H3,(H,19,20). The van der Waals surface area contributed by atoms with Gasteiger partial charge in [-0.05, 0) is 24.6 Å². The highest BCUT2D eigenvalue weighted by Crippen LogP contribution is 2.12. The minimum absolute atomic E-state index is 0.274. The molecule has 5 nitrogen and oxygen atoms in total. The van der Waals surface area contributed by atoms with Crippen LogP contribution in [-0.2, 0) is 18.4 Å². The van der Waals surface area contributed by atoms with Crippen molar-refractivity contribution >= 4 is 11.9 Å². The number of aliphatic carboxylic acids is 1. The van der Waals surface area contributed by atoms with Gasteiger partial charge in [-0.15, -0.1) is 0 Å². The summed E-state index contributed by atoms with van der Waals surface area (Å²) in [4.78, 5) is 24.9. The van der Waals surface area contributed by atoms with Crippen LogP contribution in [0.5, 0.6) is 0 Å². The topological polar surface area (TPSA) is 62.5 Å². The highest BCUT2D eigenvalue weighted by Gasteiger charge is 2.21. The fourth-order valence-electron chi connectivity index (χ4n) is 2.16. The van der Waals surface area contributed by atoms with Crippen molar-refractivity contribution in [1.82, 2.24) is 9.47 Å². The first-order valence-electron chi connectivity index (χ1n) is 6.66. The number of amides is 1. The zero-order valence-electron chi connectivity index (χ0n) is 12.1. The summed E-state index contributed by atoms with van der Waals surface area (Å²) >= 11 is 0. The van der Waals surface area contributed by atoms with Crippen LogP contribution in [0.2, 0.25) is 0 Å². The highest BCUT2D eigenvalue weighted by molar-refractivity contribution is 5.94. The molecule has 1 aromatic heterocycles. The zero-order valence-corrected chi connectivity index (χ0v) is 12.1. The van der Waals surface area contributed by atoms with Gasteiger partial charge >= 0.3 is 5.97 Å². The number of hydrogen-bond donors (Lipinski definition) is 1. The maximum Gasteiger partial charge on any atom is 0.323 e. The fraction of sp³-hybridized carbons (Fsp3) is 0.250. The van der Waals surface area contributed by atoms with E-state index in [9.17, 15) is 9.59 Å². The lowest BCUT2D eigenvalue weighted by atomic mass is 10.2. The van der Waals surface area contributed by atoms with Crippen molar-refractivity contribution in [2.45, 2.75) is 13.5 Å². The Balaban J connectivity index is 2.25. The molecule has 0 radical (unpaired) electrons. The molecule has 0 bridgehead atoms. The second kappa shape index (κ2) is 6.26. The van der Waals surface area contributed by atoms with Crippen LogP contribution < -0.4 is 0 Å². The Bertz CT molecular complexity index is 647. The van der Waals surface area contributed by atoms with Crippen molar-refractivity contribution in [3.63, 3.8) is 0 Å². The molecule has 1 amide bonds. The minimum atomic E-state index is -1.02. The third-order valence-electron chi connectivity index (χ3n) is 3.42. The Kier molecular flexibility index (Phi) is 4.42. The maximum atomic E-state index is 12.6. The average Bonchev–Trinajstić information content (AvgIpc) is 2.78. The molecular formula is C16H18N2O3. The van der Waals surface area contributed by atoms with Crippen molar-refractivity contribution in [2.75, 3.05) is 6.54 Å². The molecule has 2 rings (SSSR count). The van der Waals surface area contributed by atoms with Crippen molar-refractivity contribution < 1.29 is 14.7 Å². The van der Waals surface area contributed by atoms with Gasteiger partial charge in [0.25, 0.3) is 5.91 Å². The van der Waals surface area contributed by atoms with Crippen LogP contribution in [0.4, 0.5) is 0 Å². The van der Waals surface area contributed by atoms with Gasteiger partial charge in [0, 0.05) is 19.3 Å². The van der Waals surface area contributed by atoms with Crippen molar-refractivity contribution in [1.29, 1.82) is 0 Å². The van der Waals surface area contributed by atoms with E-state index in [-0.39, 0.29) is 19.0 Å². The molecule has 0 atom stereocenters. The zero-order chi connectivity index (χ0) is 15.4. The molecule has 0 fully saturated rings. The second-order valence-corrected chi connectivity index (χ2v) is 4.96. The number of aromatic nitrogens is 1. The van der Waals surface area contributed by atoms with E-state index in [0.717, 1.165) is 11.3 Å². The van der Waals surface area contributed by atoms with Gasteiger partial charge in [-0.1, -0.05) is 30.3 Å². The van der Waals surface area contributed by atoms with Crippen molar-refractivity contribution in [3.05, 3.63) is 59.4 Å². The summed E-state index contributed by atoms with van der Waals surface area (Å²) < 4.78 is 1.77. The molecule has 1 heterocycles. The fourth-order valence-corrected chi connectivity index (χ4v) is 2.16. The lowest BCUT2D eigenvalue weighted by Crippen LogP contribution is -2.36. The molecule has 2 aromatic rings. The van der Waals surface area contributed by atoms with Crippen LogP contribution in [-0.4, -0.2) is 33.0 Å². The number of carbonyl (C=O) groups is 2. The first-order chi connectivity index (χ1) is 9.99. The van der Waals surface area contributed by atoms with E-state index < -0.39 is 5.97 Å². The molecule has 21 heavy (non-hydrogen) atoms. The van der Waals surface area contributed by atoms with Gasteiger partial charge in [0.1, 0.15) is 12.2 Å². The SMILES string of the molecule is Cc1ccc(C(=O)N(CC(=O)O)Cc2ccccc2)n1C. The number of rotatable bonds is 5. The van der Waals surface area contributed by atoms with Gasteiger partial charge in [-0.3, -0.25) is 9.59 Å². The van der Waals surface area contributed by atoms with E-state index in [1.165, 1.54) is 4.90 Å². The summed E-state index contributed by atoms with van der Waals surface area (Å²) in [5, 5.41) is 9.03. The lowest BCUT2D eigenvalue weighted by molar-refractivity contribution is -0.137. The van der Waals surface area contributed by atoms with E-state index in [4.69, 9.17) is 5.11 Å². The Labute approximate surface area is 123 Å². The summed E-state index contributed by atoms with van der Waals surface area (Å²) in [6, 6.07) is 12.9. The summed E-state index contributed by atoms with van der Waals surface area (Å²) in [7, 11) is 1.80. The van der Waals surface area contributed by atoms with Crippen LogP contribution in [0.3, 0.4) is 0 Å². The summed E-state index contributed by atoms with van der Waals surface area (Å²) in [6.45, 7) is 1.85. The first-order valence-corrected chi connectivity index (χ1v) is 6.66. The molecule has 1 N–H and O–H groups in total. The van der Waals surface area contributed by atoms with Crippen LogP contribution in [0, 0.1) is 6.92 Å². The van der Waals surface area contributed by atoms with E-state index in [2.05, 4.69) is 0 Å². The summed E-state index contributed by atoms with van der Waals surface area (Å²) in [5.41, 5.74) is 2.34. The lowest BCUT2D eigenvalue weighted by Gasteiger charge is -2.21. The molecule has 110 valence electrons. The van der Waals surface area contributed by atoms with Crippen molar-refractivity contribution in [3.8, 4) is 0 Å². The monoisotopic (exact) mass is 286 g/mol. The summed E-state index contributed by atoms with van der Waals surface area (Å²) in [6.07, 6.45) is 0. The number of benzene rings is 1. The van der Waals surface area contributed by atoms with Gasteiger partial charge in [0.15, 0.2) is 0 Å². The Morgan fingerprint density at radius 1 is 1.14 bits per heavy atom. The van der Waals surface area contributed by atoms with Crippen LogP contribution >= 0.6 is 0 Å². The van der Waals surface area contributed by atoms with E-state index in [1.807, 2.05) is 43.3 Å². The smallest absolute Gasteiger partial charge is 0.323 e. The number of aryl methyl sites for hydroxylation is 1. The average molecular weight is 286 g/mol. The Hall–Kier alpha value is -2.56. The van der Waals surface area contributed by atoms with E-state index in [0.29, 0.717) is 5.69 Å². The minimum Gasteiger partial charge on any atom is -0.480 e. The normalized spacial score (nSPS) is 10.4. The van der Waals surface area contributed by atoms with Crippen LogP contribution in [0.25, 0.3) is 0 Å². The quantitative estimate of drug-likeness (QED) is 0.915. The third kappa shape index (κ3) is 3.51. The van der Waals surface area contributed by atoms with Gasteiger partial charge in [-0.25, -0.2) is 0 Å². The molecule has 0 unspecified atom stereocenters. The molecule has 0 saturated carbocycles. The Morgan fingerprint density at radius 3 is 2.33 bits per heavy atom. The second-order valence-electron chi connectivity index (χ2n) is 4.96. The predicted molar refractivity (Wildman–Crippen MR) is 79.0 cm³/mol. The number of carbonyl (C=O) groups excluding carboxylic acids is 1. The van der Waals surface area contributed by atoms with Crippen molar-refractivity contribution in [2.24, 2.45) is 7.05 Å². The molecule has 0 spiro atoms. The molecule has 1 aromatic carbocycles. The molecule has 5 heteroatoms. The van der Waals surface area contributed by atoms with Gasteiger partial charge in [-0.2, -0.15) is 0 Å². The largest absolute Gasteiger partial charge is 0.480 e. The van der Waals surface area contributed by atoms with Crippen LogP contribution in [0.1, 0.15) is 21.7 Å². The number of hydrogen-bond acceptors (Lipinski definition) is 2. The number of carboxylic acid groups (broad SMARTS) is 1. The number of carboxylic acids is 1. The molecule has 0 aliphatic carbocycles. The highest BCUT2D eigenvalue weighted by atomic mass is 16.4. The first kappa shape index (κ1) is 14.8.